The molecule has 0 atom stereocenters. The molecule has 2 aliphatic rings. The first-order chi connectivity index (χ1) is 23.8. The molecule has 1 radical (unpaired) electrons. The molecule has 0 aliphatic carbocycles. The monoisotopic (exact) mass is 880 g/mol. The molecule has 2 aliphatic heterocycles. The van der Waals surface area contributed by atoms with Gasteiger partial charge in [0, 0.05) is 44.7 Å². The van der Waals surface area contributed by atoms with E-state index < -0.39 is 23.7 Å². The molecule has 51 heavy (non-hydrogen) atoms. The Morgan fingerprint density at radius 1 is 0.765 bits per heavy atom. The molecule has 0 N–H and O–H groups in total. The number of rotatable bonds is 4. The van der Waals surface area contributed by atoms with Crippen molar-refractivity contribution in [3.05, 3.63) is 122 Å². The SMILES string of the molecule is CN1C=CN(c2[c-]c(N3C=CN(C)[CH-]3)cc(C(F)(F)F)c2)[CH-]1.Cn1cc(-n2c3[c-]cccc3c3ccccc32)nc1-c1nc(C(F)(F)F)n[n-]1.[Ir]. The first-order valence-corrected chi connectivity index (χ1v) is 14.9. The van der Waals surface area contributed by atoms with Crippen LogP contribution in [0.1, 0.15) is 11.4 Å². The first kappa shape index (κ1) is 35.5. The third kappa shape index (κ3) is 7.03. The van der Waals surface area contributed by atoms with E-state index in [-0.39, 0.29) is 31.8 Å². The minimum absolute atomic E-state index is 0. The zero-order chi connectivity index (χ0) is 35.4. The molecular weight excluding hydrogens is 855 g/mol. The van der Waals surface area contributed by atoms with E-state index in [4.69, 9.17) is 0 Å². The zero-order valence-electron chi connectivity index (χ0n) is 26.8. The number of alkyl halides is 6. The molecule has 3 aromatic carbocycles. The van der Waals surface area contributed by atoms with Crippen LogP contribution in [0.5, 0.6) is 0 Å². The summed E-state index contributed by atoms with van der Waals surface area (Å²) in [6.45, 7) is 3.37. The van der Waals surface area contributed by atoms with Gasteiger partial charge in [-0.05, 0) is 50.3 Å². The zero-order valence-corrected chi connectivity index (χ0v) is 29.2. The van der Waals surface area contributed by atoms with Crippen LogP contribution in [0.4, 0.5) is 37.7 Å². The van der Waals surface area contributed by atoms with Crippen molar-refractivity contribution < 1.29 is 46.4 Å². The Bertz CT molecular complexity index is 2150. The smallest absolute Gasteiger partial charge is 0.429 e. The Morgan fingerprint density at radius 3 is 1.96 bits per heavy atom. The number of fused-ring (bicyclic) bond motifs is 3. The van der Waals surface area contributed by atoms with Crippen molar-refractivity contribution in [1.29, 1.82) is 0 Å². The Kier molecular flexibility index (Phi) is 9.37. The molecule has 267 valence electrons. The van der Waals surface area contributed by atoms with Crippen molar-refractivity contribution in [2.75, 3.05) is 23.9 Å². The molecule has 0 saturated carbocycles. The van der Waals surface area contributed by atoms with Crippen LogP contribution in [0.25, 0.3) is 39.3 Å². The van der Waals surface area contributed by atoms with E-state index in [1.807, 2.05) is 41.0 Å². The number of imidazole rings is 1. The van der Waals surface area contributed by atoms with Gasteiger partial charge in [-0.3, -0.25) is 5.10 Å². The van der Waals surface area contributed by atoms with E-state index in [1.54, 1.807) is 95.7 Å². The largest absolute Gasteiger partial charge is 0.510 e. The number of anilines is 2. The molecule has 0 bridgehead atoms. The normalized spacial score (nSPS) is 14.5. The maximum atomic E-state index is 13.1. The Morgan fingerprint density at radius 2 is 1.39 bits per heavy atom. The Balaban J connectivity index is 0.000000178. The van der Waals surface area contributed by atoms with E-state index in [2.05, 4.69) is 32.3 Å². The molecule has 17 heteroatoms. The average molecular weight is 880 g/mol. The molecule has 5 heterocycles. The number of benzene rings is 3. The van der Waals surface area contributed by atoms with Gasteiger partial charge >= 0.3 is 12.4 Å². The van der Waals surface area contributed by atoms with Gasteiger partial charge in [-0.15, -0.1) is 35.0 Å². The van der Waals surface area contributed by atoms with E-state index in [0.29, 0.717) is 17.2 Å². The molecule has 0 amide bonds. The van der Waals surface area contributed by atoms with Crippen LogP contribution in [-0.2, 0) is 39.5 Å². The summed E-state index contributed by atoms with van der Waals surface area (Å²) in [5, 5.41) is 8.72. The van der Waals surface area contributed by atoms with Crippen LogP contribution >= 0.6 is 0 Å². The van der Waals surface area contributed by atoms with Crippen molar-refractivity contribution in [3.63, 3.8) is 0 Å². The van der Waals surface area contributed by atoms with Crippen LogP contribution in [-0.4, -0.2) is 48.1 Å². The van der Waals surface area contributed by atoms with Gasteiger partial charge < -0.3 is 38.8 Å². The fourth-order valence-electron chi connectivity index (χ4n) is 5.47. The predicted octanol–water partition coefficient (Wildman–Crippen LogP) is 6.94. The number of halogens is 6. The number of aryl methyl sites for hydroxylation is 1. The summed E-state index contributed by atoms with van der Waals surface area (Å²) in [6, 6.07) is 22.0. The molecule has 10 nitrogen and oxygen atoms in total. The molecule has 8 rings (SSSR count). The van der Waals surface area contributed by atoms with Gasteiger partial charge in [0.2, 0.25) is 0 Å². The Labute approximate surface area is 301 Å². The maximum absolute atomic E-state index is 13.1. The molecule has 6 aromatic rings. The van der Waals surface area contributed by atoms with Crippen LogP contribution in [0.2, 0.25) is 0 Å². The van der Waals surface area contributed by atoms with Gasteiger partial charge in [0.25, 0.3) is 0 Å². The maximum Gasteiger partial charge on any atom is 0.429 e. The minimum atomic E-state index is -4.65. The minimum Gasteiger partial charge on any atom is -0.510 e. The van der Waals surface area contributed by atoms with Crippen LogP contribution in [0, 0.1) is 25.5 Å². The van der Waals surface area contributed by atoms with Gasteiger partial charge in [0.15, 0.2) is 5.82 Å². The summed E-state index contributed by atoms with van der Waals surface area (Å²) in [4.78, 5) is 14.7. The standard InChI is InChI=1S/C19H11F3N6.C15H14F3N4.Ir/c1-27-10-15(23-17(27)16-24-18(26-25-16)19(20,21)22)28-13-8-4-2-6-11(13)12-7-3-5-9-14(12)28;1-19-3-5-21(10-19)13-7-12(15(16,17)18)8-14(9-13)22-6-4-20(2)11-22;/h2-8,10H,1H3;3-8,10-11H,1-2H3;/q-2;-3;. The van der Waals surface area contributed by atoms with Crippen molar-refractivity contribution in [2.45, 2.75) is 12.4 Å². The van der Waals surface area contributed by atoms with Crippen molar-refractivity contribution in [1.82, 2.24) is 39.1 Å². The van der Waals surface area contributed by atoms with Crippen LogP contribution in [0.3, 0.4) is 0 Å². The fraction of sp³-hybridized carbons (Fsp3) is 0.147. The quantitative estimate of drug-likeness (QED) is 0.140. The molecule has 0 fully saturated rings. The third-order valence-electron chi connectivity index (χ3n) is 7.75. The van der Waals surface area contributed by atoms with E-state index in [0.717, 1.165) is 33.9 Å². The second-order valence-corrected chi connectivity index (χ2v) is 11.4. The Hall–Kier alpha value is -5.28. The van der Waals surface area contributed by atoms with Gasteiger partial charge in [0.1, 0.15) is 11.6 Å². The summed E-state index contributed by atoms with van der Waals surface area (Å²) in [6.07, 6.45) is -0.473. The van der Waals surface area contributed by atoms with Crippen molar-refractivity contribution >= 4 is 33.2 Å². The number of aromatic nitrogens is 6. The summed E-state index contributed by atoms with van der Waals surface area (Å²) in [5.74, 6) is -0.729. The predicted molar refractivity (Wildman–Crippen MR) is 173 cm³/mol. The molecule has 3 aromatic heterocycles. The van der Waals surface area contributed by atoms with Crippen LogP contribution < -0.4 is 14.9 Å². The number of para-hydroxylation sites is 2. The summed E-state index contributed by atoms with van der Waals surface area (Å²) < 4.78 is 81.3. The van der Waals surface area contributed by atoms with E-state index >= 15 is 0 Å². The number of nitrogens with zero attached hydrogens (tertiary/aromatic N) is 10. The van der Waals surface area contributed by atoms with Gasteiger partial charge in [-0.2, -0.15) is 63.9 Å². The number of hydrogen-bond acceptors (Lipinski definition) is 7. The molecule has 0 unspecified atom stereocenters. The molecule has 0 saturated heterocycles. The van der Waals surface area contributed by atoms with E-state index in [9.17, 15) is 26.3 Å². The third-order valence-corrected chi connectivity index (χ3v) is 7.75. The van der Waals surface area contributed by atoms with Gasteiger partial charge in [-0.1, -0.05) is 29.3 Å². The number of hydrogen-bond donors (Lipinski definition) is 0. The summed E-state index contributed by atoms with van der Waals surface area (Å²) in [7, 11) is 5.28. The topological polar surface area (TPSA) is 75.6 Å². The summed E-state index contributed by atoms with van der Waals surface area (Å²) >= 11 is 0. The second-order valence-electron chi connectivity index (χ2n) is 11.4. The molecular formula is C34H25F6IrN10-5. The van der Waals surface area contributed by atoms with Crippen molar-refractivity contribution in [3.8, 4) is 17.5 Å². The second kappa shape index (κ2) is 13.4. The summed E-state index contributed by atoms with van der Waals surface area (Å²) in [5.41, 5.74) is 1.71. The van der Waals surface area contributed by atoms with Gasteiger partial charge in [-0.25, -0.2) is 4.98 Å². The van der Waals surface area contributed by atoms with Gasteiger partial charge in [0.05, 0.1) is 0 Å². The van der Waals surface area contributed by atoms with Crippen LogP contribution in [0.15, 0.2) is 85.6 Å². The first-order valence-electron chi connectivity index (χ1n) is 14.9. The molecule has 0 spiro atoms. The fourth-order valence-corrected chi connectivity index (χ4v) is 5.47. The average Bonchev–Trinajstić information content (AvgIpc) is 3.91. The van der Waals surface area contributed by atoms with E-state index in [1.165, 1.54) is 0 Å². The van der Waals surface area contributed by atoms with Crippen molar-refractivity contribution in [2.24, 2.45) is 7.05 Å².